The fraction of sp³-hybridized carbons (Fsp3) is 0.500. The molecule has 1 unspecified atom stereocenters. The van der Waals surface area contributed by atoms with E-state index in [1.165, 1.54) is 31.0 Å². The van der Waals surface area contributed by atoms with Gasteiger partial charge in [0.1, 0.15) is 4.90 Å². The molecule has 0 aliphatic heterocycles. The molecule has 116 valence electrons. The first kappa shape index (κ1) is 16.6. The van der Waals surface area contributed by atoms with Crippen molar-refractivity contribution in [2.45, 2.75) is 43.5 Å². The Morgan fingerprint density at radius 3 is 2.52 bits per heavy atom. The Bertz CT molecular complexity index is 640. The summed E-state index contributed by atoms with van der Waals surface area (Å²) in [6.07, 6.45) is 4.62. The molecule has 1 atom stereocenters. The molecule has 4 nitrogen and oxygen atoms in total. The van der Waals surface area contributed by atoms with Crippen molar-refractivity contribution in [3.8, 4) is 0 Å². The van der Waals surface area contributed by atoms with Crippen molar-refractivity contribution >= 4 is 37.2 Å². The van der Waals surface area contributed by atoms with Gasteiger partial charge in [-0.15, -0.1) is 0 Å². The Morgan fingerprint density at radius 1 is 1.33 bits per heavy atom. The van der Waals surface area contributed by atoms with Crippen molar-refractivity contribution in [1.29, 1.82) is 0 Å². The molecule has 0 saturated heterocycles. The lowest BCUT2D eigenvalue weighted by Crippen LogP contribution is -2.37. The lowest BCUT2D eigenvalue weighted by Gasteiger charge is -2.20. The number of hydrogen-bond acceptors (Lipinski definition) is 3. The second-order valence-electron chi connectivity index (χ2n) is 5.39. The maximum absolute atomic E-state index is 12.2. The van der Waals surface area contributed by atoms with Crippen LogP contribution in [0.15, 0.2) is 23.1 Å². The average Bonchev–Trinajstić information content (AvgIpc) is 2.91. The first-order valence-corrected chi connectivity index (χ1v) is 9.53. The second kappa shape index (κ2) is 6.55. The molecule has 1 N–H and O–H groups in total. The van der Waals surface area contributed by atoms with Gasteiger partial charge < -0.3 is 5.32 Å². The lowest BCUT2D eigenvalue weighted by atomic mass is 9.99. The molecule has 1 saturated carbocycles. The van der Waals surface area contributed by atoms with E-state index in [0.29, 0.717) is 5.92 Å². The zero-order chi connectivity index (χ0) is 15.6. The van der Waals surface area contributed by atoms with E-state index < -0.39 is 9.05 Å². The molecule has 1 aromatic carbocycles. The van der Waals surface area contributed by atoms with Crippen LogP contribution in [0.3, 0.4) is 0 Å². The summed E-state index contributed by atoms with van der Waals surface area (Å²) in [6, 6.07) is 4.13. The standard InChI is InChI=1S/C14H17Cl2NO3S/c1-9(10-4-2-3-5-10)17-14(18)11-6-7-12(15)13(8-11)21(16,19)20/h6-10H,2-5H2,1H3,(H,17,18). The van der Waals surface area contributed by atoms with Gasteiger partial charge in [-0.3, -0.25) is 4.79 Å². The molecule has 0 spiro atoms. The quantitative estimate of drug-likeness (QED) is 0.845. The summed E-state index contributed by atoms with van der Waals surface area (Å²) in [5.74, 6) is 0.171. The Morgan fingerprint density at radius 2 is 1.95 bits per heavy atom. The van der Waals surface area contributed by atoms with Gasteiger partial charge in [-0.1, -0.05) is 24.4 Å². The Balaban J connectivity index is 2.16. The Hall–Kier alpha value is -0.780. The summed E-state index contributed by atoms with van der Waals surface area (Å²) < 4.78 is 22.8. The number of carbonyl (C=O) groups is 1. The maximum atomic E-state index is 12.2. The predicted octanol–water partition coefficient (Wildman–Crippen LogP) is 3.58. The molecular weight excluding hydrogens is 333 g/mol. The molecule has 1 aromatic rings. The van der Waals surface area contributed by atoms with Gasteiger partial charge >= 0.3 is 0 Å². The number of benzene rings is 1. The van der Waals surface area contributed by atoms with Crippen LogP contribution in [0.25, 0.3) is 0 Å². The first-order chi connectivity index (χ1) is 9.79. The molecule has 2 rings (SSSR count). The number of nitrogens with one attached hydrogen (secondary N) is 1. The largest absolute Gasteiger partial charge is 0.349 e. The summed E-state index contributed by atoms with van der Waals surface area (Å²) in [4.78, 5) is 12.0. The number of amides is 1. The van der Waals surface area contributed by atoms with E-state index >= 15 is 0 Å². The zero-order valence-corrected chi connectivity index (χ0v) is 13.9. The number of hydrogen-bond donors (Lipinski definition) is 1. The smallest absolute Gasteiger partial charge is 0.262 e. The third-order valence-corrected chi connectivity index (χ3v) is 5.73. The number of carbonyl (C=O) groups excluding carboxylic acids is 1. The zero-order valence-electron chi connectivity index (χ0n) is 11.6. The van der Waals surface area contributed by atoms with Crippen LogP contribution in [0.5, 0.6) is 0 Å². The highest BCUT2D eigenvalue weighted by Gasteiger charge is 2.24. The Labute approximate surface area is 134 Å². The maximum Gasteiger partial charge on any atom is 0.262 e. The van der Waals surface area contributed by atoms with E-state index in [-0.39, 0.29) is 27.4 Å². The van der Waals surface area contributed by atoms with Crippen LogP contribution in [-0.4, -0.2) is 20.4 Å². The van der Waals surface area contributed by atoms with Crippen molar-refractivity contribution in [2.75, 3.05) is 0 Å². The van der Waals surface area contributed by atoms with Crippen LogP contribution in [0.1, 0.15) is 43.0 Å². The third kappa shape index (κ3) is 4.11. The van der Waals surface area contributed by atoms with E-state index in [0.717, 1.165) is 12.8 Å². The van der Waals surface area contributed by atoms with Crippen molar-refractivity contribution in [3.05, 3.63) is 28.8 Å². The van der Waals surface area contributed by atoms with Gasteiger partial charge in [-0.2, -0.15) is 0 Å². The second-order valence-corrected chi connectivity index (χ2v) is 8.33. The molecule has 7 heteroatoms. The lowest BCUT2D eigenvalue weighted by molar-refractivity contribution is 0.0927. The fourth-order valence-electron chi connectivity index (χ4n) is 2.70. The SMILES string of the molecule is CC(NC(=O)c1ccc(Cl)c(S(=O)(=O)Cl)c1)C1CCCC1. The van der Waals surface area contributed by atoms with Crippen LogP contribution >= 0.6 is 22.3 Å². The van der Waals surface area contributed by atoms with Gasteiger partial charge in [0.05, 0.1) is 5.02 Å². The molecular formula is C14H17Cl2NO3S. The average molecular weight is 350 g/mol. The van der Waals surface area contributed by atoms with Crippen LogP contribution < -0.4 is 5.32 Å². The summed E-state index contributed by atoms with van der Waals surface area (Å²) in [6.45, 7) is 1.98. The minimum atomic E-state index is -3.97. The van der Waals surface area contributed by atoms with E-state index in [4.69, 9.17) is 22.3 Å². The van der Waals surface area contributed by atoms with E-state index in [1.54, 1.807) is 0 Å². The highest BCUT2D eigenvalue weighted by atomic mass is 35.7. The van der Waals surface area contributed by atoms with Gasteiger partial charge in [0.2, 0.25) is 0 Å². The number of rotatable bonds is 4. The number of halogens is 2. The van der Waals surface area contributed by atoms with Gasteiger partial charge in [0.25, 0.3) is 15.0 Å². The van der Waals surface area contributed by atoms with E-state index in [2.05, 4.69) is 5.32 Å². The molecule has 21 heavy (non-hydrogen) atoms. The van der Waals surface area contributed by atoms with Crippen LogP contribution in [0, 0.1) is 5.92 Å². The van der Waals surface area contributed by atoms with E-state index in [1.807, 2.05) is 6.92 Å². The van der Waals surface area contributed by atoms with Crippen LogP contribution in [0.2, 0.25) is 5.02 Å². The Kier molecular flexibility index (Phi) is 5.17. The van der Waals surface area contributed by atoms with Crippen LogP contribution in [0.4, 0.5) is 0 Å². The van der Waals surface area contributed by atoms with Crippen molar-refractivity contribution in [1.82, 2.24) is 5.32 Å². The van der Waals surface area contributed by atoms with Gasteiger partial charge in [-0.05, 0) is 43.9 Å². The van der Waals surface area contributed by atoms with Crippen LogP contribution in [-0.2, 0) is 9.05 Å². The van der Waals surface area contributed by atoms with Crippen molar-refractivity contribution in [3.63, 3.8) is 0 Å². The van der Waals surface area contributed by atoms with Gasteiger partial charge in [0, 0.05) is 22.3 Å². The highest BCUT2D eigenvalue weighted by molar-refractivity contribution is 8.13. The molecule has 0 bridgehead atoms. The third-order valence-electron chi connectivity index (χ3n) is 3.92. The van der Waals surface area contributed by atoms with Crippen molar-refractivity contribution < 1.29 is 13.2 Å². The van der Waals surface area contributed by atoms with Gasteiger partial charge in [-0.25, -0.2) is 8.42 Å². The highest BCUT2D eigenvalue weighted by Crippen LogP contribution is 2.28. The summed E-state index contributed by atoms with van der Waals surface area (Å²) in [5, 5.41) is 2.92. The van der Waals surface area contributed by atoms with E-state index in [9.17, 15) is 13.2 Å². The summed E-state index contributed by atoms with van der Waals surface area (Å²) in [7, 11) is 1.33. The van der Waals surface area contributed by atoms with Crippen molar-refractivity contribution in [2.24, 2.45) is 5.92 Å². The molecule has 1 fully saturated rings. The summed E-state index contributed by atoms with van der Waals surface area (Å²) >= 11 is 5.80. The molecule has 0 aromatic heterocycles. The molecule has 1 aliphatic rings. The minimum Gasteiger partial charge on any atom is -0.349 e. The molecule has 1 amide bonds. The molecule has 0 radical (unpaired) electrons. The first-order valence-electron chi connectivity index (χ1n) is 6.84. The normalized spacial score (nSPS) is 17.7. The predicted molar refractivity (Wildman–Crippen MR) is 83.4 cm³/mol. The summed E-state index contributed by atoms with van der Waals surface area (Å²) in [5.41, 5.74) is 0.239. The monoisotopic (exact) mass is 349 g/mol. The fourth-order valence-corrected chi connectivity index (χ4v) is 4.19. The topological polar surface area (TPSA) is 63.2 Å². The minimum absolute atomic E-state index is 0.00499. The van der Waals surface area contributed by atoms with Gasteiger partial charge in [0.15, 0.2) is 0 Å². The molecule has 1 aliphatic carbocycles. The molecule has 0 heterocycles.